The average molecular weight is 497 g/mol. The lowest BCUT2D eigenvalue weighted by molar-refractivity contribution is 0.413. The first kappa shape index (κ1) is 23.0. The van der Waals surface area contributed by atoms with E-state index in [0.717, 1.165) is 47.4 Å². The Morgan fingerprint density at radius 3 is 2.63 bits per heavy atom. The first-order valence-corrected chi connectivity index (χ1v) is 11.4. The first-order chi connectivity index (χ1) is 16.8. The molecule has 7 nitrogen and oxygen atoms in total. The van der Waals surface area contributed by atoms with Crippen LogP contribution in [0, 0.1) is 11.6 Å². The molecule has 0 aliphatic heterocycles. The number of nitrogens with one attached hydrogen (secondary N) is 1. The zero-order valence-corrected chi connectivity index (χ0v) is 20.1. The highest BCUT2D eigenvalue weighted by Gasteiger charge is 2.30. The molecule has 1 N–H and O–H groups in total. The molecular weight excluding hydrogens is 474 g/mol. The van der Waals surface area contributed by atoms with Crippen LogP contribution in [0.1, 0.15) is 29.2 Å². The van der Waals surface area contributed by atoms with Gasteiger partial charge >= 0.3 is 0 Å². The molecular formula is C25H23ClF2N6O. The van der Waals surface area contributed by atoms with Gasteiger partial charge in [0.15, 0.2) is 11.6 Å². The number of halogens is 3. The molecule has 10 heteroatoms. The number of methoxy groups -OCH3 is 1. The lowest BCUT2D eigenvalue weighted by Gasteiger charge is -2.19. The largest absolute Gasteiger partial charge is 0.494 e. The highest BCUT2D eigenvalue weighted by atomic mass is 35.5. The number of nitrogens with zero attached hydrogens (tertiary/aromatic N) is 5. The number of fused-ring (bicyclic) bond motifs is 1. The Bertz CT molecular complexity index is 1410. The van der Waals surface area contributed by atoms with Gasteiger partial charge in [0.1, 0.15) is 23.0 Å². The van der Waals surface area contributed by atoms with Gasteiger partial charge in [-0.15, -0.1) is 0 Å². The standard InChI is InChI=1S/C25H23ClF2N6O/c1-33(2)24-17-7-6-16(14-4-8-18(27)19(28)10-14)23(17)31-25(32-24)30-15-5-9-20(21(11-15)35-3)34-12-22(26)29-13-34/h4-5,8-13,16H,6-7H2,1-3H3,(H,30,31,32)/t16-/m1/s1. The molecule has 0 saturated heterocycles. The maximum absolute atomic E-state index is 14.0. The van der Waals surface area contributed by atoms with Crippen LogP contribution in [-0.2, 0) is 6.42 Å². The SMILES string of the molecule is COc1cc(Nc2nc3c(c(N(C)C)n2)CC[C@@H]3c2ccc(F)c(F)c2)ccc1-n1cnc(Cl)c1. The summed E-state index contributed by atoms with van der Waals surface area (Å²) in [5.41, 5.74) is 4.03. The number of ether oxygens (including phenoxy) is 1. The second-order valence-corrected chi connectivity index (χ2v) is 8.90. The van der Waals surface area contributed by atoms with Crippen molar-refractivity contribution in [3.05, 3.63) is 82.5 Å². The number of imidazole rings is 1. The molecule has 1 aliphatic carbocycles. The van der Waals surface area contributed by atoms with Gasteiger partial charge in [0.05, 0.1) is 18.5 Å². The van der Waals surface area contributed by atoms with Crippen LogP contribution in [0.4, 0.5) is 26.2 Å². The van der Waals surface area contributed by atoms with Crippen LogP contribution in [0.5, 0.6) is 5.75 Å². The fraction of sp³-hybridized carbons (Fsp3) is 0.240. The molecule has 0 saturated carbocycles. The van der Waals surface area contributed by atoms with Crippen molar-refractivity contribution in [2.75, 3.05) is 31.4 Å². The van der Waals surface area contributed by atoms with Crippen LogP contribution in [0.3, 0.4) is 0 Å². The predicted molar refractivity (Wildman–Crippen MR) is 131 cm³/mol. The Morgan fingerprint density at radius 1 is 1.11 bits per heavy atom. The summed E-state index contributed by atoms with van der Waals surface area (Å²) in [5.74, 6) is -0.0616. The van der Waals surface area contributed by atoms with Crippen LogP contribution >= 0.6 is 11.6 Å². The Balaban J connectivity index is 1.51. The second-order valence-electron chi connectivity index (χ2n) is 8.51. The van der Waals surface area contributed by atoms with Crippen molar-refractivity contribution in [2.45, 2.75) is 18.8 Å². The van der Waals surface area contributed by atoms with Crippen molar-refractivity contribution < 1.29 is 13.5 Å². The van der Waals surface area contributed by atoms with Gasteiger partial charge in [-0.2, -0.15) is 4.98 Å². The molecule has 0 unspecified atom stereocenters. The van der Waals surface area contributed by atoms with E-state index in [0.29, 0.717) is 22.4 Å². The summed E-state index contributed by atoms with van der Waals surface area (Å²) >= 11 is 5.96. The molecule has 0 fully saturated rings. The summed E-state index contributed by atoms with van der Waals surface area (Å²) in [6.07, 6.45) is 4.80. The molecule has 1 aliphatic rings. The summed E-state index contributed by atoms with van der Waals surface area (Å²) in [4.78, 5) is 15.5. The lowest BCUT2D eigenvalue weighted by Crippen LogP contribution is -2.16. The van der Waals surface area contributed by atoms with E-state index < -0.39 is 11.6 Å². The maximum atomic E-state index is 14.0. The van der Waals surface area contributed by atoms with Gasteiger partial charge in [0.25, 0.3) is 0 Å². The Kier molecular flexibility index (Phi) is 6.02. The van der Waals surface area contributed by atoms with Crippen LogP contribution in [-0.4, -0.2) is 40.7 Å². The molecule has 2 aromatic heterocycles. The molecule has 0 radical (unpaired) electrons. The number of hydrogen-bond donors (Lipinski definition) is 1. The van der Waals surface area contributed by atoms with E-state index in [4.69, 9.17) is 26.3 Å². The monoisotopic (exact) mass is 496 g/mol. The fourth-order valence-corrected chi connectivity index (χ4v) is 4.60. The molecule has 35 heavy (non-hydrogen) atoms. The second kappa shape index (κ2) is 9.14. The van der Waals surface area contributed by atoms with Crippen molar-refractivity contribution in [3.8, 4) is 11.4 Å². The molecule has 2 aromatic carbocycles. The maximum Gasteiger partial charge on any atom is 0.229 e. The molecule has 0 bridgehead atoms. The van der Waals surface area contributed by atoms with E-state index in [1.165, 1.54) is 6.07 Å². The van der Waals surface area contributed by atoms with Crippen molar-refractivity contribution in [3.63, 3.8) is 0 Å². The topological polar surface area (TPSA) is 68.1 Å². The van der Waals surface area contributed by atoms with Crippen molar-refractivity contribution in [2.24, 2.45) is 0 Å². The van der Waals surface area contributed by atoms with E-state index >= 15 is 0 Å². The molecule has 4 aromatic rings. The van der Waals surface area contributed by atoms with Crippen LogP contribution in [0.15, 0.2) is 48.9 Å². The molecule has 2 heterocycles. The van der Waals surface area contributed by atoms with Crippen molar-refractivity contribution in [1.29, 1.82) is 0 Å². The highest BCUT2D eigenvalue weighted by molar-refractivity contribution is 6.29. The number of hydrogen-bond acceptors (Lipinski definition) is 6. The third kappa shape index (κ3) is 4.39. The van der Waals surface area contributed by atoms with Gasteiger partial charge in [-0.1, -0.05) is 17.7 Å². The number of rotatable bonds is 6. The third-order valence-corrected chi connectivity index (χ3v) is 6.26. The molecule has 5 rings (SSSR count). The van der Waals surface area contributed by atoms with Crippen molar-refractivity contribution in [1.82, 2.24) is 19.5 Å². The van der Waals surface area contributed by atoms with Crippen LogP contribution in [0.2, 0.25) is 5.15 Å². The van der Waals surface area contributed by atoms with Gasteiger partial charge < -0.3 is 19.5 Å². The quantitative estimate of drug-likeness (QED) is 0.381. The Labute approximate surface area is 206 Å². The zero-order valence-electron chi connectivity index (χ0n) is 19.4. The van der Waals surface area contributed by atoms with Crippen LogP contribution < -0.4 is 15.0 Å². The zero-order chi connectivity index (χ0) is 24.7. The third-order valence-electron chi connectivity index (χ3n) is 6.07. The Hall–Kier alpha value is -3.72. The molecule has 180 valence electrons. The summed E-state index contributed by atoms with van der Waals surface area (Å²) < 4.78 is 34.8. The minimum Gasteiger partial charge on any atom is -0.494 e. The lowest BCUT2D eigenvalue weighted by atomic mass is 9.96. The Morgan fingerprint density at radius 2 is 1.94 bits per heavy atom. The summed E-state index contributed by atoms with van der Waals surface area (Å²) in [6.45, 7) is 0. The van der Waals surface area contributed by atoms with Gasteiger partial charge in [-0.05, 0) is 42.7 Å². The first-order valence-electron chi connectivity index (χ1n) is 11.0. The predicted octanol–water partition coefficient (Wildman–Crippen LogP) is 5.49. The van der Waals surface area contributed by atoms with Gasteiger partial charge in [0, 0.05) is 43.5 Å². The molecule has 1 atom stereocenters. The summed E-state index contributed by atoms with van der Waals surface area (Å²) in [7, 11) is 5.43. The number of benzene rings is 2. The minimum absolute atomic E-state index is 0.148. The molecule has 0 amide bonds. The minimum atomic E-state index is -0.860. The fourth-order valence-electron chi connectivity index (χ4n) is 4.45. The van der Waals surface area contributed by atoms with E-state index in [2.05, 4.69) is 10.3 Å². The van der Waals surface area contributed by atoms with Crippen LogP contribution in [0.25, 0.3) is 5.69 Å². The highest BCUT2D eigenvalue weighted by Crippen LogP contribution is 2.41. The summed E-state index contributed by atoms with van der Waals surface area (Å²) in [6, 6.07) is 9.63. The van der Waals surface area contributed by atoms with Gasteiger partial charge in [-0.25, -0.2) is 18.7 Å². The van der Waals surface area contributed by atoms with Gasteiger partial charge in [-0.3, -0.25) is 0 Å². The van der Waals surface area contributed by atoms with E-state index in [1.807, 2.05) is 37.2 Å². The normalized spacial score (nSPS) is 14.6. The van der Waals surface area contributed by atoms with E-state index in [9.17, 15) is 8.78 Å². The van der Waals surface area contributed by atoms with E-state index in [1.54, 1.807) is 30.3 Å². The molecule has 0 spiro atoms. The number of aromatic nitrogens is 4. The average Bonchev–Trinajstić information content (AvgIpc) is 3.46. The summed E-state index contributed by atoms with van der Waals surface area (Å²) in [5, 5.41) is 3.65. The number of anilines is 3. The van der Waals surface area contributed by atoms with Crippen molar-refractivity contribution >= 4 is 29.1 Å². The van der Waals surface area contributed by atoms with Gasteiger partial charge in [0.2, 0.25) is 5.95 Å². The smallest absolute Gasteiger partial charge is 0.229 e. The van der Waals surface area contributed by atoms with E-state index in [-0.39, 0.29) is 5.92 Å².